The Morgan fingerprint density at radius 3 is 1.32 bits per heavy atom. The largest absolute Gasteiger partial charge is 0.256 e. The summed E-state index contributed by atoms with van der Waals surface area (Å²) in [6, 6.07) is 41.9. The van der Waals surface area contributed by atoms with E-state index in [4.69, 9.17) is 9.98 Å². The Bertz CT molecular complexity index is 1580. The van der Waals surface area contributed by atoms with Crippen molar-refractivity contribution in [2.24, 2.45) is 9.98 Å². The molecule has 0 radical (unpaired) electrons. The first-order valence-corrected chi connectivity index (χ1v) is 11.4. The summed E-state index contributed by atoms with van der Waals surface area (Å²) in [5.41, 5.74) is 4.03. The zero-order chi connectivity index (χ0) is 22.7. The van der Waals surface area contributed by atoms with Crippen molar-refractivity contribution in [3.63, 3.8) is 0 Å². The number of aliphatic imine (C=N–C) groups is 2. The predicted molar refractivity (Wildman–Crippen MR) is 146 cm³/mol. The van der Waals surface area contributed by atoms with Crippen molar-refractivity contribution in [2.75, 3.05) is 0 Å². The Kier molecular flexibility index (Phi) is 5.17. The second-order valence-electron chi connectivity index (χ2n) is 8.31. The van der Waals surface area contributed by atoms with Gasteiger partial charge >= 0.3 is 0 Å². The lowest BCUT2D eigenvalue weighted by atomic mass is 10.0. The lowest BCUT2D eigenvalue weighted by molar-refractivity contribution is 1.53. The minimum absolute atomic E-state index is 0.913. The first-order chi connectivity index (χ1) is 16.9. The second-order valence-corrected chi connectivity index (χ2v) is 8.31. The number of hydrogen-bond donors (Lipinski definition) is 0. The van der Waals surface area contributed by atoms with E-state index < -0.39 is 0 Å². The smallest absolute Gasteiger partial charge is 0.0729 e. The van der Waals surface area contributed by atoms with Gasteiger partial charge in [-0.15, -0.1) is 0 Å². The van der Waals surface area contributed by atoms with Gasteiger partial charge in [-0.05, 0) is 39.1 Å². The topological polar surface area (TPSA) is 24.7 Å². The minimum atomic E-state index is 0.913. The van der Waals surface area contributed by atoms with E-state index >= 15 is 0 Å². The van der Waals surface area contributed by atoms with E-state index in [9.17, 15) is 0 Å². The molecule has 6 rings (SSSR count). The summed E-state index contributed by atoms with van der Waals surface area (Å²) in [6.45, 7) is 0. The molecule has 6 aromatic rings. The summed E-state index contributed by atoms with van der Waals surface area (Å²) < 4.78 is 0. The number of benzene rings is 6. The lowest BCUT2D eigenvalue weighted by Crippen LogP contribution is -1.85. The molecule has 0 amide bonds. The van der Waals surface area contributed by atoms with E-state index in [0.29, 0.717) is 0 Å². The van der Waals surface area contributed by atoms with Gasteiger partial charge in [0.25, 0.3) is 0 Å². The van der Waals surface area contributed by atoms with E-state index in [-0.39, 0.29) is 0 Å². The van der Waals surface area contributed by atoms with Crippen LogP contribution in [0.4, 0.5) is 11.4 Å². The second kappa shape index (κ2) is 8.76. The predicted octanol–water partition coefficient (Wildman–Crippen LogP) is 8.65. The van der Waals surface area contributed by atoms with Gasteiger partial charge in [-0.2, -0.15) is 0 Å². The first kappa shape index (κ1) is 20.1. The number of hydrogen-bond acceptors (Lipinski definition) is 2. The van der Waals surface area contributed by atoms with Gasteiger partial charge in [0.1, 0.15) is 0 Å². The number of rotatable bonds is 4. The highest BCUT2D eigenvalue weighted by Gasteiger charge is 2.06. The molecule has 0 unspecified atom stereocenters. The fourth-order valence-corrected chi connectivity index (χ4v) is 4.52. The van der Waals surface area contributed by atoms with Crippen molar-refractivity contribution in [2.45, 2.75) is 0 Å². The van der Waals surface area contributed by atoms with Crippen LogP contribution in [-0.4, -0.2) is 12.4 Å². The molecule has 0 spiro atoms. The maximum atomic E-state index is 4.92. The minimum Gasteiger partial charge on any atom is -0.256 e. The molecule has 0 aliphatic rings. The van der Waals surface area contributed by atoms with E-state index in [1.54, 1.807) is 0 Å². The van der Waals surface area contributed by atoms with Crippen molar-refractivity contribution < 1.29 is 0 Å². The van der Waals surface area contributed by atoms with Crippen LogP contribution in [0.25, 0.3) is 32.3 Å². The average Bonchev–Trinajstić information content (AvgIpc) is 2.90. The highest BCUT2D eigenvalue weighted by Crippen LogP contribution is 2.34. The standard InChI is InChI=1S/C32H22N2/c1-3-17-28-23(9-1)11-5-15-26(28)21-33-30-19-7-13-25-14-8-20-31(32(25)30)34-22-27-16-6-12-24-10-2-4-18-29(24)27/h1-22H. The van der Waals surface area contributed by atoms with Crippen molar-refractivity contribution in [1.29, 1.82) is 0 Å². The van der Waals surface area contributed by atoms with Crippen LogP contribution in [0.3, 0.4) is 0 Å². The maximum Gasteiger partial charge on any atom is 0.0729 e. The highest BCUT2D eigenvalue weighted by atomic mass is 14.8. The molecule has 2 heteroatoms. The Morgan fingerprint density at radius 2 is 0.794 bits per heavy atom. The normalized spacial score (nSPS) is 11.9. The summed E-state index contributed by atoms with van der Waals surface area (Å²) in [5.74, 6) is 0. The highest BCUT2D eigenvalue weighted by molar-refractivity contribution is 6.07. The fourth-order valence-electron chi connectivity index (χ4n) is 4.52. The van der Waals surface area contributed by atoms with Crippen molar-refractivity contribution in [3.8, 4) is 0 Å². The summed E-state index contributed by atoms with van der Waals surface area (Å²) in [4.78, 5) is 9.84. The van der Waals surface area contributed by atoms with E-state index in [0.717, 1.165) is 33.3 Å². The van der Waals surface area contributed by atoms with Gasteiger partial charge in [-0.3, -0.25) is 9.98 Å². The molecule has 0 aliphatic carbocycles. The lowest BCUT2D eigenvalue weighted by Gasteiger charge is -2.07. The summed E-state index contributed by atoms with van der Waals surface area (Å²) in [7, 11) is 0. The summed E-state index contributed by atoms with van der Waals surface area (Å²) >= 11 is 0. The molecule has 2 nitrogen and oxygen atoms in total. The van der Waals surface area contributed by atoms with E-state index in [1.165, 1.54) is 21.5 Å². The Hall–Kier alpha value is -4.56. The molecule has 0 aromatic heterocycles. The van der Waals surface area contributed by atoms with Gasteiger partial charge < -0.3 is 0 Å². The molecule has 0 heterocycles. The van der Waals surface area contributed by atoms with Crippen molar-refractivity contribution in [3.05, 3.63) is 132 Å². The van der Waals surface area contributed by atoms with E-state index in [2.05, 4.69) is 121 Å². The summed E-state index contributed by atoms with van der Waals surface area (Å²) in [5, 5.41) is 7.00. The van der Waals surface area contributed by atoms with Gasteiger partial charge in [-0.1, -0.05) is 109 Å². The Balaban J connectivity index is 1.45. The van der Waals surface area contributed by atoms with Crippen LogP contribution in [0.5, 0.6) is 0 Å². The molecule has 0 N–H and O–H groups in total. The van der Waals surface area contributed by atoms with E-state index in [1.807, 2.05) is 12.4 Å². The Labute approximate surface area is 198 Å². The van der Waals surface area contributed by atoms with Crippen LogP contribution in [0.15, 0.2) is 131 Å². The third kappa shape index (κ3) is 3.76. The molecular weight excluding hydrogens is 412 g/mol. The molecule has 160 valence electrons. The molecule has 6 aromatic carbocycles. The zero-order valence-electron chi connectivity index (χ0n) is 18.6. The first-order valence-electron chi connectivity index (χ1n) is 11.4. The SMILES string of the molecule is C(=Nc1cccc2cccc(N=Cc3cccc4ccccc34)c12)c1cccc2ccccc12. The van der Waals surface area contributed by atoms with Crippen LogP contribution in [0, 0.1) is 0 Å². The quantitative estimate of drug-likeness (QED) is 0.248. The molecule has 0 saturated heterocycles. The zero-order valence-corrected chi connectivity index (χ0v) is 18.6. The van der Waals surface area contributed by atoms with Gasteiger partial charge in [0.2, 0.25) is 0 Å². The average molecular weight is 435 g/mol. The number of nitrogens with zero attached hydrogens (tertiary/aromatic N) is 2. The van der Waals surface area contributed by atoms with Gasteiger partial charge in [0.15, 0.2) is 0 Å². The fraction of sp³-hybridized carbons (Fsp3) is 0. The van der Waals surface area contributed by atoms with Crippen LogP contribution < -0.4 is 0 Å². The van der Waals surface area contributed by atoms with Crippen LogP contribution in [0.1, 0.15) is 11.1 Å². The molecule has 0 fully saturated rings. The molecule has 0 bridgehead atoms. The number of fused-ring (bicyclic) bond motifs is 3. The monoisotopic (exact) mass is 434 g/mol. The maximum absolute atomic E-state index is 4.92. The molecular formula is C32H22N2. The summed E-state index contributed by atoms with van der Waals surface area (Å²) in [6.07, 6.45) is 3.92. The molecule has 0 saturated carbocycles. The third-order valence-corrected chi connectivity index (χ3v) is 6.19. The van der Waals surface area contributed by atoms with Gasteiger partial charge in [0.05, 0.1) is 11.4 Å². The van der Waals surface area contributed by atoms with Crippen LogP contribution >= 0.6 is 0 Å². The third-order valence-electron chi connectivity index (χ3n) is 6.19. The Morgan fingerprint density at radius 1 is 0.382 bits per heavy atom. The van der Waals surface area contributed by atoms with Crippen molar-refractivity contribution >= 4 is 56.1 Å². The molecule has 34 heavy (non-hydrogen) atoms. The molecule has 0 aliphatic heterocycles. The van der Waals surface area contributed by atoms with Crippen molar-refractivity contribution in [1.82, 2.24) is 0 Å². The van der Waals surface area contributed by atoms with Gasteiger partial charge in [-0.25, -0.2) is 0 Å². The van der Waals surface area contributed by atoms with Crippen LogP contribution in [0.2, 0.25) is 0 Å². The van der Waals surface area contributed by atoms with Gasteiger partial charge in [0, 0.05) is 28.9 Å². The molecule has 0 atom stereocenters. The van der Waals surface area contributed by atoms with Crippen LogP contribution in [-0.2, 0) is 0 Å².